The second kappa shape index (κ2) is 8.24. The lowest BCUT2D eigenvalue weighted by Gasteiger charge is -2.07. The van der Waals surface area contributed by atoms with Crippen molar-refractivity contribution in [3.8, 4) is 0 Å². The Morgan fingerprint density at radius 2 is 2.15 bits per heavy atom. The molecule has 0 unspecified atom stereocenters. The van der Waals surface area contributed by atoms with Gasteiger partial charge in [-0.3, -0.25) is 19.5 Å². The summed E-state index contributed by atoms with van der Waals surface area (Å²) in [4.78, 5) is 43.3. The standard InChI is InChI=1S/C17H18N4O3S2/c1-2-11-8-13-15(26-11)19-10-21(16(13)23)9-14(22)20-17(24)18-6-5-12-4-3-7-25-12/h3-4,7-8,10H,2,5-6,9H2,1H3,(H2,18,20,22,24). The Bertz CT molecular complexity index is 976. The van der Waals surface area contributed by atoms with Crippen molar-refractivity contribution in [1.29, 1.82) is 0 Å². The van der Waals surface area contributed by atoms with E-state index in [1.807, 2.05) is 24.4 Å². The van der Waals surface area contributed by atoms with E-state index in [0.29, 0.717) is 23.2 Å². The summed E-state index contributed by atoms with van der Waals surface area (Å²) in [6.45, 7) is 2.19. The fourth-order valence-corrected chi connectivity index (χ4v) is 4.05. The van der Waals surface area contributed by atoms with Gasteiger partial charge in [0.25, 0.3) is 5.56 Å². The molecule has 3 rings (SSSR count). The first-order valence-electron chi connectivity index (χ1n) is 8.14. The Labute approximate surface area is 157 Å². The number of nitrogens with zero attached hydrogens (tertiary/aromatic N) is 2. The van der Waals surface area contributed by atoms with E-state index in [1.54, 1.807) is 17.4 Å². The molecule has 3 heterocycles. The minimum Gasteiger partial charge on any atom is -0.337 e. The van der Waals surface area contributed by atoms with Crippen LogP contribution < -0.4 is 16.2 Å². The van der Waals surface area contributed by atoms with Gasteiger partial charge < -0.3 is 5.32 Å². The zero-order valence-corrected chi connectivity index (χ0v) is 15.8. The van der Waals surface area contributed by atoms with Crippen LogP contribution in [0.15, 0.2) is 34.7 Å². The number of nitrogens with one attached hydrogen (secondary N) is 2. The number of imide groups is 1. The van der Waals surface area contributed by atoms with E-state index in [1.165, 1.54) is 22.2 Å². The molecule has 0 saturated heterocycles. The fourth-order valence-electron chi connectivity index (χ4n) is 2.42. The highest BCUT2D eigenvalue weighted by atomic mass is 32.1. The van der Waals surface area contributed by atoms with Gasteiger partial charge in [0.05, 0.1) is 11.7 Å². The van der Waals surface area contributed by atoms with Gasteiger partial charge in [-0.25, -0.2) is 9.78 Å². The quantitative estimate of drug-likeness (QED) is 0.674. The number of fused-ring (bicyclic) bond motifs is 1. The lowest BCUT2D eigenvalue weighted by molar-refractivity contribution is -0.120. The van der Waals surface area contributed by atoms with Crippen molar-refractivity contribution in [1.82, 2.24) is 20.2 Å². The molecule has 0 spiro atoms. The zero-order chi connectivity index (χ0) is 18.5. The number of hydrogen-bond acceptors (Lipinski definition) is 6. The molecular weight excluding hydrogens is 372 g/mol. The molecule has 3 aromatic rings. The van der Waals surface area contributed by atoms with Crippen LogP contribution in [0.2, 0.25) is 0 Å². The lowest BCUT2D eigenvalue weighted by atomic mass is 10.3. The van der Waals surface area contributed by atoms with Crippen LogP contribution in [0.5, 0.6) is 0 Å². The smallest absolute Gasteiger partial charge is 0.321 e. The third kappa shape index (κ3) is 4.36. The van der Waals surface area contributed by atoms with E-state index < -0.39 is 11.9 Å². The largest absolute Gasteiger partial charge is 0.337 e. The Kier molecular flexibility index (Phi) is 5.79. The van der Waals surface area contributed by atoms with Crippen molar-refractivity contribution in [2.24, 2.45) is 0 Å². The first kappa shape index (κ1) is 18.3. The predicted molar refractivity (Wildman–Crippen MR) is 103 cm³/mol. The molecule has 9 heteroatoms. The number of thiophene rings is 2. The molecule has 0 aromatic carbocycles. The summed E-state index contributed by atoms with van der Waals surface area (Å²) in [6.07, 6.45) is 2.87. The van der Waals surface area contributed by atoms with Gasteiger partial charge in [0.1, 0.15) is 11.4 Å². The summed E-state index contributed by atoms with van der Waals surface area (Å²) < 4.78 is 1.21. The summed E-state index contributed by atoms with van der Waals surface area (Å²) in [7, 11) is 0. The van der Waals surface area contributed by atoms with E-state index in [0.717, 1.165) is 16.2 Å². The van der Waals surface area contributed by atoms with Crippen molar-refractivity contribution in [2.75, 3.05) is 6.54 Å². The molecule has 0 aliphatic carbocycles. The van der Waals surface area contributed by atoms with Crippen LogP contribution in [0.1, 0.15) is 16.7 Å². The Balaban J connectivity index is 1.55. The molecule has 0 saturated carbocycles. The predicted octanol–water partition coefficient (Wildman–Crippen LogP) is 2.15. The van der Waals surface area contributed by atoms with Crippen LogP contribution in [0, 0.1) is 0 Å². The van der Waals surface area contributed by atoms with Gasteiger partial charge >= 0.3 is 6.03 Å². The molecule has 2 N–H and O–H groups in total. The molecule has 0 atom stereocenters. The Morgan fingerprint density at radius 3 is 2.88 bits per heavy atom. The van der Waals surface area contributed by atoms with E-state index >= 15 is 0 Å². The topological polar surface area (TPSA) is 93.1 Å². The van der Waals surface area contributed by atoms with Gasteiger partial charge in [0.15, 0.2) is 0 Å². The van der Waals surface area contributed by atoms with Crippen LogP contribution >= 0.6 is 22.7 Å². The third-order valence-corrected chi connectivity index (χ3v) is 5.85. The fraction of sp³-hybridized carbons (Fsp3) is 0.294. The first-order valence-corrected chi connectivity index (χ1v) is 9.84. The van der Waals surface area contributed by atoms with Crippen LogP contribution in [-0.4, -0.2) is 28.0 Å². The van der Waals surface area contributed by atoms with Gasteiger partial charge in [-0.15, -0.1) is 22.7 Å². The molecule has 3 amide bonds. The van der Waals surface area contributed by atoms with E-state index in [9.17, 15) is 14.4 Å². The van der Waals surface area contributed by atoms with Gasteiger partial charge in [0.2, 0.25) is 5.91 Å². The van der Waals surface area contributed by atoms with Crippen LogP contribution in [0.25, 0.3) is 10.2 Å². The minimum atomic E-state index is -0.572. The number of urea groups is 1. The SMILES string of the molecule is CCc1cc2c(=O)n(CC(=O)NC(=O)NCCc3cccs3)cnc2s1. The summed E-state index contributed by atoms with van der Waals surface area (Å²) in [5, 5.41) is 7.33. The summed E-state index contributed by atoms with van der Waals surface area (Å²) >= 11 is 3.08. The van der Waals surface area contributed by atoms with Gasteiger partial charge in [-0.2, -0.15) is 0 Å². The number of hydrogen-bond donors (Lipinski definition) is 2. The number of carbonyl (C=O) groups excluding carboxylic acids is 2. The molecule has 26 heavy (non-hydrogen) atoms. The second-order valence-corrected chi connectivity index (χ2v) is 7.74. The molecule has 136 valence electrons. The van der Waals surface area contributed by atoms with Crippen LogP contribution in [-0.2, 0) is 24.2 Å². The van der Waals surface area contributed by atoms with E-state index in [2.05, 4.69) is 15.6 Å². The van der Waals surface area contributed by atoms with Gasteiger partial charge in [-0.1, -0.05) is 13.0 Å². The molecule has 0 fully saturated rings. The lowest BCUT2D eigenvalue weighted by Crippen LogP contribution is -2.42. The Hall–Kier alpha value is -2.52. The van der Waals surface area contributed by atoms with Gasteiger partial charge in [-0.05, 0) is 30.4 Å². The normalized spacial score (nSPS) is 10.8. The highest BCUT2D eigenvalue weighted by molar-refractivity contribution is 7.18. The average Bonchev–Trinajstić information content (AvgIpc) is 3.27. The monoisotopic (exact) mass is 390 g/mol. The average molecular weight is 390 g/mol. The summed E-state index contributed by atoms with van der Waals surface area (Å²) in [5.74, 6) is -0.562. The van der Waals surface area contributed by atoms with Crippen molar-refractivity contribution in [3.63, 3.8) is 0 Å². The molecule has 0 aliphatic heterocycles. The molecule has 7 nitrogen and oxygen atoms in total. The van der Waals surface area contributed by atoms with Crippen LogP contribution in [0.4, 0.5) is 4.79 Å². The number of amides is 3. The number of carbonyl (C=O) groups is 2. The minimum absolute atomic E-state index is 0.253. The summed E-state index contributed by atoms with van der Waals surface area (Å²) in [6, 6.07) is 5.17. The maximum atomic E-state index is 12.4. The molecule has 0 bridgehead atoms. The highest BCUT2D eigenvalue weighted by Gasteiger charge is 2.12. The first-order chi connectivity index (χ1) is 12.6. The maximum Gasteiger partial charge on any atom is 0.321 e. The van der Waals surface area contributed by atoms with Crippen molar-refractivity contribution in [3.05, 3.63) is 50.0 Å². The van der Waals surface area contributed by atoms with E-state index in [4.69, 9.17) is 0 Å². The number of rotatable bonds is 6. The number of aryl methyl sites for hydroxylation is 1. The molecular formula is C17H18N4O3S2. The molecule has 0 aliphatic rings. The number of aromatic nitrogens is 2. The van der Waals surface area contributed by atoms with Gasteiger partial charge in [0, 0.05) is 16.3 Å². The van der Waals surface area contributed by atoms with E-state index in [-0.39, 0.29) is 12.1 Å². The maximum absolute atomic E-state index is 12.4. The summed E-state index contributed by atoms with van der Waals surface area (Å²) in [5.41, 5.74) is -0.279. The molecule has 3 aromatic heterocycles. The zero-order valence-electron chi connectivity index (χ0n) is 14.2. The second-order valence-electron chi connectivity index (χ2n) is 5.60. The molecule has 0 radical (unpaired) electrons. The highest BCUT2D eigenvalue weighted by Crippen LogP contribution is 2.20. The van der Waals surface area contributed by atoms with Crippen molar-refractivity contribution in [2.45, 2.75) is 26.3 Å². The Morgan fingerprint density at radius 1 is 1.31 bits per heavy atom. The van der Waals surface area contributed by atoms with Crippen molar-refractivity contribution >= 4 is 44.8 Å². The van der Waals surface area contributed by atoms with Crippen LogP contribution in [0.3, 0.4) is 0 Å². The van der Waals surface area contributed by atoms with Crippen molar-refractivity contribution < 1.29 is 9.59 Å². The third-order valence-electron chi connectivity index (χ3n) is 3.72.